The van der Waals surface area contributed by atoms with E-state index in [0.717, 1.165) is 11.3 Å². The number of carbonyl (C=O) groups is 2. The van der Waals surface area contributed by atoms with Gasteiger partial charge in [0.15, 0.2) is 0 Å². The molecule has 0 unspecified atom stereocenters. The molecule has 134 valence electrons. The van der Waals surface area contributed by atoms with Gasteiger partial charge in [-0.05, 0) is 49.7 Å². The van der Waals surface area contributed by atoms with E-state index in [2.05, 4.69) is 0 Å². The van der Waals surface area contributed by atoms with Crippen molar-refractivity contribution in [2.75, 3.05) is 18.6 Å². The minimum Gasteiger partial charge on any atom is -0.497 e. The zero-order chi connectivity index (χ0) is 18.8. The Hall–Kier alpha value is -3.08. The van der Waals surface area contributed by atoms with E-state index in [-0.39, 0.29) is 11.8 Å². The van der Waals surface area contributed by atoms with E-state index in [1.54, 1.807) is 36.4 Å². The Labute approximate surface area is 152 Å². The van der Waals surface area contributed by atoms with Gasteiger partial charge in [-0.25, -0.2) is 0 Å². The van der Waals surface area contributed by atoms with Crippen molar-refractivity contribution in [3.05, 3.63) is 59.8 Å². The number of aryl methyl sites for hydroxylation is 1. The number of nitrogens with zero attached hydrogens (tertiary/aromatic N) is 2. The number of carbonyl (C=O) groups excluding carboxylic acids is 2. The summed E-state index contributed by atoms with van der Waals surface area (Å²) in [5, 5.41) is 0.704. The smallest absolute Gasteiger partial charge is 0.260 e. The van der Waals surface area contributed by atoms with Gasteiger partial charge in [-0.1, -0.05) is 12.1 Å². The van der Waals surface area contributed by atoms with Crippen LogP contribution in [-0.4, -0.2) is 30.0 Å². The van der Waals surface area contributed by atoms with Crippen molar-refractivity contribution < 1.29 is 14.3 Å². The molecule has 0 N–H and O–H groups in total. The third kappa shape index (κ3) is 3.08. The summed E-state index contributed by atoms with van der Waals surface area (Å²) in [5.74, 6) is 0.362. The fourth-order valence-electron chi connectivity index (χ4n) is 3.15. The van der Waals surface area contributed by atoms with Crippen LogP contribution >= 0.6 is 0 Å². The second-order valence-corrected chi connectivity index (χ2v) is 6.20. The summed E-state index contributed by atoms with van der Waals surface area (Å²) >= 11 is 0. The van der Waals surface area contributed by atoms with Crippen molar-refractivity contribution in [2.45, 2.75) is 20.8 Å². The zero-order valence-corrected chi connectivity index (χ0v) is 15.4. The van der Waals surface area contributed by atoms with Crippen LogP contribution in [0.2, 0.25) is 0 Å². The molecule has 0 spiro atoms. The summed E-state index contributed by atoms with van der Waals surface area (Å²) in [6.45, 7) is 5.94. The maximum absolute atomic E-state index is 13.3. The average Bonchev–Trinajstić information content (AvgIpc) is 3.01. The highest BCUT2D eigenvalue weighted by Gasteiger charge is 2.22. The fourth-order valence-corrected chi connectivity index (χ4v) is 3.15. The molecule has 0 fully saturated rings. The van der Waals surface area contributed by atoms with Crippen molar-refractivity contribution in [3.63, 3.8) is 0 Å². The van der Waals surface area contributed by atoms with Gasteiger partial charge in [0.1, 0.15) is 5.75 Å². The van der Waals surface area contributed by atoms with Gasteiger partial charge in [-0.2, -0.15) is 0 Å². The molecule has 0 saturated heterocycles. The molecular weight excluding hydrogens is 328 g/mol. The summed E-state index contributed by atoms with van der Waals surface area (Å²) in [6.07, 6.45) is 1.62. The lowest BCUT2D eigenvalue weighted by molar-refractivity contribution is 0.0941. The number of methoxy groups -OCH3 is 1. The van der Waals surface area contributed by atoms with Crippen molar-refractivity contribution in [3.8, 4) is 5.75 Å². The molecule has 0 radical (unpaired) electrons. The van der Waals surface area contributed by atoms with Crippen LogP contribution in [0.1, 0.15) is 34.6 Å². The van der Waals surface area contributed by atoms with Crippen LogP contribution in [0.4, 0.5) is 5.69 Å². The monoisotopic (exact) mass is 350 g/mol. The van der Waals surface area contributed by atoms with Gasteiger partial charge in [0.2, 0.25) is 5.91 Å². The van der Waals surface area contributed by atoms with E-state index in [1.807, 2.05) is 38.1 Å². The van der Waals surface area contributed by atoms with Gasteiger partial charge in [0.05, 0.1) is 18.2 Å². The molecule has 0 atom stereocenters. The van der Waals surface area contributed by atoms with E-state index in [0.29, 0.717) is 28.8 Å². The number of aromatic nitrogens is 1. The van der Waals surface area contributed by atoms with E-state index < -0.39 is 0 Å². The fraction of sp³-hybridized carbons (Fsp3) is 0.238. The van der Waals surface area contributed by atoms with Crippen LogP contribution in [0, 0.1) is 6.92 Å². The van der Waals surface area contributed by atoms with E-state index in [1.165, 1.54) is 11.5 Å². The highest BCUT2D eigenvalue weighted by atomic mass is 16.5. The summed E-state index contributed by atoms with van der Waals surface area (Å²) in [4.78, 5) is 27.0. The third-order valence-electron chi connectivity index (χ3n) is 4.46. The minimum absolute atomic E-state index is 0.141. The second-order valence-electron chi connectivity index (χ2n) is 6.20. The van der Waals surface area contributed by atoms with Crippen molar-refractivity contribution >= 4 is 28.4 Å². The van der Waals surface area contributed by atoms with Crippen LogP contribution in [0.15, 0.2) is 48.7 Å². The maximum Gasteiger partial charge on any atom is 0.260 e. The van der Waals surface area contributed by atoms with Gasteiger partial charge in [0, 0.05) is 30.7 Å². The Kier molecular flexibility index (Phi) is 4.80. The Morgan fingerprint density at radius 1 is 1.15 bits per heavy atom. The highest BCUT2D eigenvalue weighted by Crippen LogP contribution is 2.28. The second kappa shape index (κ2) is 7.04. The first-order valence-corrected chi connectivity index (χ1v) is 8.54. The predicted molar refractivity (Wildman–Crippen MR) is 103 cm³/mol. The number of hydrogen-bond donors (Lipinski definition) is 0. The first kappa shape index (κ1) is 17.7. The Morgan fingerprint density at radius 2 is 1.92 bits per heavy atom. The largest absolute Gasteiger partial charge is 0.497 e. The van der Waals surface area contributed by atoms with Crippen LogP contribution in [0.3, 0.4) is 0 Å². The Balaban J connectivity index is 2.16. The number of anilines is 1. The summed E-state index contributed by atoms with van der Waals surface area (Å²) in [5.41, 5.74) is 3.10. The molecule has 1 heterocycles. The topological polar surface area (TPSA) is 51.5 Å². The van der Waals surface area contributed by atoms with Crippen LogP contribution < -0.4 is 9.64 Å². The third-order valence-corrected chi connectivity index (χ3v) is 4.46. The molecule has 5 nitrogen and oxygen atoms in total. The lowest BCUT2D eigenvalue weighted by atomic mass is 10.1. The van der Waals surface area contributed by atoms with Gasteiger partial charge < -0.3 is 9.64 Å². The number of benzene rings is 2. The molecular formula is C21H22N2O3. The molecule has 0 aliphatic carbocycles. The van der Waals surface area contributed by atoms with E-state index in [4.69, 9.17) is 4.74 Å². The molecule has 5 heteroatoms. The van der Waals surface area contributed by atoms with E-state index in [9.17, 15) is 9.59 Å². The molecule has 1 aromatic heterocycles. The Morgan fingerprint density at radius 3 is 2.54 bits per heavy atom. The van der Waals surface area contributed by atoms with Crippen molar-refractivity contribution in [2.24, 2.45) is 0 Å². The number of amides is 1. The number of fused-ring (bicyclic) bond motifs is 1. The molecule has 1 amide bonds. The highest BCUT2D eigenvalue weighted by molar-refractivity contribution is 6.15. The van der Waals surface area contributed by atoms with Gasteiger partial charge in [-0.15, -0.1) is 0 Å². The summed E-state index contributed by atoms with van der Waals surface area (Å²) in [6, 6.07) is 13.2. The van der Waals surface area contributed by atoms with Crippen molar-refractivity contribution in [1.29, 1.82) is 0 Å². The lowest BCUT2D eigenvalue weighted by Crippen LogP contribution is -2.30. The summed E-state index contributed by atoms with van der Waals surface area (Å²) in [7, 11) is 1.58. The van der Waals surface area contributed by atoms with E-state index >= 15 is 0 Å². The molecule has 3 rings (SSSR count). The molecule has 3 aromatic rings. The standard InChI is InChI=1S/C21H22N2O3/c1-5-22(16-8-6-7-14(2)11-16)21(25)19-13-23(15(3)24)20-10-9-17(26-4)12-18(19)20/h6-13H,5H2,1-4H3. The zero-order valence-electron chi connectivity index (χ0n) is 15.4. The molecule has 0 saturated carbocycles. The first-order valence-electron chi connectivity index (χ1n) is 8.54. The van der Waals surface area contributed by atoms with Gasteiger partial charge in [-0.3, -0.25) is 14.2 Å². The number of hydrogen-bond acceptors (Lipinski definition) is 3. The first-order chi connectivity index (χ1) is 12.5. The number of rotatable bonds is 4. The van der Waals surface area contributed by atoms with Crippen LogP contribution in [-0.2, 0) is 0 Å². The molecule has 2 aromatic carbocycles. The molecule has 0 bridgehead atoms. The molecule has 0 aliphatic rings. The predicted octanol–water partition coefficient (Wildman–Crippen LogP) is 4.29. The molecule has 0 aliphatic heterocycles. The normalized spacial score (nSPS) is 10.8. The maximum atomic E-state index is 13.3. The number of ether oxygens (including phenoxy) is 1. The van der Waals surface area contributed by atoms with Crippen LogP contribution in [0.25, 0.3) is 10.9 Å². The summed E-state index contributed by atoms with van der Waals surface area (Å²) < 4.78 is 6.80. The van der Waals surface area contributed by atoms with Crippen molar-refractivity contribution in [1.82, 2.24) is 4.57 Å². The van der Waals surface area contributed by atoms with Gasteiger partial charge >= 0.3 is 0 Å². The quantitative estimate of drug-likeness (QED) is 0.705. The van der Waals surface area contributed by atoms with Gasteiger partial charge in [0.25, 0.3) is 5.91 Å². The SMILES string of the molecule is CCN(C(=O)c1cn(C(C)=O)c2ccc(OC)cc12)c1cccc(C)c1. The molecule has 26 heavy (non-hydrogen) atoms. The van der Waals surface area contributed by atoms with Crippen LogP contribution in [0.5, 0.6) is 5.75 Å². The average molecular weight is 350 g/mol. The Bertz CT molecular complexity index is 988. The lowest BCUT2D eigenvalue weighted by Gasteiger charge is -2.21. The minimum atomic E-state index is -0.142.